The number of nitrogens with zero attached hydrogens (tertiary/aromatic N) is 2. The van der Waals surface area contributed by atoms with Crippen molar-refractivity contribution in [3.8, 4) is 0 Å². The second-order valence-electron chi connectivity index (χ2n) is 5.64. The van der Waals surface area contributed by atoms with Crippen molar-refractivity contribution in [2.24, 2.45) is 11.7 Å². The normalized spacial score (nSPS) is 27.9. The molecule has 1 fully saturated rings. The average molecular weight is 227 g/mol. The van der Waals surface area contributed by atoms with E-state index < -0.39 is 0 Å². The lowest BCUT2D eigenvalue weighted by Gasteiger charge is -2.39. The van der Waals surface area contributed by atoms with Crippen molar-refractivity contribution < 1.29 is 0 Å². The number of piperazine rings is 1. The lowest BCUT2D eigenvalue weighted by atomic mass is 9.94. The zero-order chi connectivity index (χ0) is 12.1. The van der Waals surface area contributed by atoms with Gasteiger partial charge in [-0.1, -0.05) is 20.3 Å². The van der Waals surface area contributed by atoms with Crippen LogP contribution in [-0.2, 0) is 0 Å². The Balaban J connectivity index is 2.33. The molecule has 0 aromatic carbocycles. The molecule has 0 amide bonds. The summed E-state index contributed by atoms with van der Waals surface area (Å²) in [6.07, 6.45) is 3.56. The maximum Gasteiger partial charge on any atom is 0.0235 e. The van der Waals surface area contributed by atoms with Crippen LogP contribution in [0.1, 0.15) is 33.1 Å². The van der Waals surface area contributed by atoms with Gasteiger partial charge in [-0.2, -0.15) is 0 Å². The summed E-state index contributed by atoms with van der Waals surface area (Å²) in [5.74, 6) is 0.765. The fourth-order valence-corrected chi connectivity index (χ4v) is 2.49. The maximum atomic E-state index is 6.24. The molecule has 16 heavy (non-hydrogen) atoms. The van der Waals surface area contributed by atoms with Crippen LogP contribution in [0.5, 0.6) is 0 Å². The lowest BCUT2D eigenvalue weighted by molar-refractivity contribution is 0.102. The van der Waals surface area contributed by atoms with E-state index in [0.29, 0.717) is 12.1 Å². The van der Waals surface area contributed by atoms with E-state index in [1.54, 1.807) is 0 Å². The first-order valence-electron chi connectivity index (χ1n) is 6.67. The van der Waals surface area contributed by atoms with Gasteiger partial charge in [0, 0.05) is 31.7 Å². The van der Waals surface area contributed by atoms with Gasteiger partial charge in [-0.15, -0.1) is 0 Å². The third-order valence-corrected chi connectivity index (χ3v) is 3.96. The minimum Gasteiger partial charge on any atom is -0.328 e. The van der Waals surface area contributed by atoms with E-state index in [-0.39, 0.29) is 0 Å². The SMILES string of the molecule is CCC(C)CC(N)CC1CN(C)CCN1C. The Morgan fingerprint density at radius 1 is 1.31 bits per heavy atom. The highest BCUT2D eigenvalue weighted by Crippen LogP contribution is 2.16. The number of likely N-dealkylation sites (N-methyl/N-ethyl adjacent to an activating group) is 2. The van der Waals surface area contributed by atoms with Crippen molar-refractivity contribution in [1.29, 1.82) is 0 Å². The molecular formula is C13H29N3. The predicted octanol–water partition coefficient (Wildman–Crippen LogP) is 1.39. The lowest BCUT2D eigenvalue weighted by Crippen LogP contribution is -2.51. The zero-order valence-corrected chi connectivity index (χ0v) is 11.4. The van der Waals surface area contributed by atoms with Crippen molar-refractivity contribution in [1.82, 2.24) is 9.80 Å². The second-order valence-corrected chi connectivity index (χ2v) is 5.64. The van der Waals surface area contributed by atoms with Crippen molar-refractivity contribution in [3.63, 3.8) is 0 Å². The summed E-state index contributed by atoms with van der Waals surface area (Å²) in [5.41, 5.74) is 6.24. The zero-order valence-electron chi connectivity index (χ0n) is 11.4. The molecule has 2 N–H and O–H groups in total. The molecule has 0 saturated carbocycles. The third-order valence-electron chi connectivity index (χ3n) is 3.96. The molecule has 0 aliphatic carbocycles. The molecule has 96 valence electrons. The molecule has 3 atom stereocenters. The Kier molecular flexibility index (Phi) is 5.73. The summed E-state index contributed by atoms with van der Waals surface area (Å²) in [6.45, 7) is 8.09. The summed E-state index contributed by atoms with van der Waals surface area (Å²) in [4.78, 5) is 4.89. The molecule has 1 heterocycles. The van der Waals surface area contributed by atoms with Crippen LogP contribution in [0.4, 0.5) is 0 Å². The average Bonchev–Trinajstić information content (AvgIpc) is 2.23. The van der Waals surface area contributed by atoms with Gasteiger partial charge in [0.25, 0.3) is 0 Å². The quantitative estimate of drug-likeness (QED) is 0.770. The van der Waals surface area contributed by atoms with Gasteiger partial charge in [-0.05, 0) is 32.9 Å². The molecule has 1 aliphatic rings. The highest BCUT2D eigenvalue weighted by molar-refractivity contribution is 4.82. The standard InChI is InChI=1S/C13H29N3/c1-5-11(2)8-12(14)9-13-10-15(3)6-7-16(13)4/h11-13H,5-10,14H2,1-4H3. The molecule has 1 saturated heterocycles. The summed E-state index contributed by atoms with van der Waals surface area (Å²) in [7, 11) is 4.44. The van der Waals surface area contributed by atoms with Crippen LogP contribution >= 0.6 is 0 Å². The van der Waals surface area contributed by atoms with Crippen molar-refractivity contribution >= 4 is 0 Å². The molecule has 1 aliphatic heterocycles. The van der Waals surface area contributed by atoms with E-state index in [2.05, 4.69) is 37.7 Å². The topological polar surface area (TPSA) is 32.5 Å². The van der Waals surface area contributed by atoms with Crippen molar-refractivity contribution in [3.05, 3.63) is 0 Å². The van der Waals surface area contributed by atoms with Gasteiger partial charge >= 0.3 is 0 Å². The molecule has 0 aromatic rings. The second kappa shape index (κ2) is 6.58. The van der Waals surface area contributed by atoms with Gasteiger partial charge in [0.1, 0.15) is 0 Å². The van der Waals surface area contributed by atoms with E-state index in [0.717, 1.165) is 12.3 Å². The molecule has 3 nitrogen and oxygen atoms in total. The van der Waals surface area contributed by atoms with E-state index >= 15 is 0 Å². The number of nitrogens with two attached hydrogens (primary N) is 1. The highest BCUT2D eigenvalue weighted by atomic mass is 15.3. The van der Waals surface area contributed by atoms with Crippen LogP contribution < -0.4 is 5.73 Å². The molecule has 0 bridgehead atoms. The fraction of sp³-hybridized carbons (Fsp3) is 1.00. The summed E-state index contributed by atoms with van der Waals surface area (Å²) in [6, 6.07) is 1.02. The van der Waals surface area contributed by atoms with Gasteiger partial charge in [-0.3, -0.25) is 0 Å². The Morgan fingerprint density at radius 3 is 2.62 bits per heavy atom. The Morgan fingerprint density at radius 2 is 2.00 bits per heavy atom. The molecule has 3 unspecified atom stereocenters. The van der Waals surface area contributed by atoms with Crippen LogP contribution in [0.15, 0.2) is 0 Å². The molecule has 0 radical (unpaired) electrons. The van der Waals surface area contributed by atoms with Gasteiger partial charge in [0.15, 0.2) is 0 Å². The summed E-state index contributed by atoms with van der Waals surface area (Å²) >= 11 is 0. The molecule has 0 aromatic heterocycles. The monoisotopic (exact) mass is 227 g/mol. The smallest absolute Gasteiger partial charge is 0.0235 e. The first kappa shape index (κ1) is 13.9. The summed E-state index contributed by atoms with van der Waals surface area (Å²) in [5, 5.41) is 0. The molecule has 1 rings (SSSR count). The van der Waals surface area contributed by atoms with Gasteiger partial charge in [0.05, 0.1) is 0 Å². The van der Waals surface area contributed by atoms with Crippen LogP contribution in [0, 0.1) is 5.92 Å². The minimum atomic E-state index is 0.369. The summed E-state index contributed by atoms with van der Waals surface area (Å²) < 4.78 is 0. The Bertz CT molecular complexity index is 196. The van der Waals surface area contributed by atoms with E-state index in [1.165, 1.54) is 32.5 Å². The predicted molar refractivity (Wildman–Crippen MR) is 70.6 cm³/mol. The first-order chi connectivity index (χ1) is 7.52. The number of hydrogen-bond donors (Lipinski definition) is 1. The van der Waals surface area contributed by atoms with Crippen LogP contribution in [0.25, 0.3) is 0 Å². The number of hydrogen-bond acceptors (Lipinski definition) is 3. The van der Waals surface area contributed by atoms with Crippen LogP contribution in [-0.4, -0.2) is 55.6 Å². The van der Waals surface area contributed by atoms with Gasteiger partial charge in [-0.25, -0.2) is 0 Å². The minimum absolute atomic E-state index is 0.369. The molecule has 3 heteroatoms. The van der Waals surface area contributed by atoms with Crippen molar-refractivity contribution in [2.75, 3.05) is 33.7 Å². The fourth-order valence-electron chi connectivity index (χ4n) is 2.49. The van der Waals surface area contributed by atoms with Crippen LogP contribution in [0.3, 0.4) is 0 Å². The van der Waals surface area contributed by atoms with Crippen LogP contribution in [0.2, 0.25) is 0 Å². The maximum absolute atomic E-state index is 6.24. The van der Waals surface area contributed by atoms with E-state index in [1.807, 2.05) is 0 Å². The van der Waals surface area contributed by atoms with Gasteiger partial charge in [0.2, 0.25) is 0 Å². The molecule has 0 spiro atoms. The van der Waals surface area contributed by atoms with Crippen molar-refractivity contribution in [2.45, 2.75) is 45.2 Å². The number of rotatable bonds is 5. The van der Waals surface area contributed by atoms with E-state index in [9.17, 15) is 0 Å². The van der Waals surface area contributed by atoms with E-state index in [4.69, 9.17) is 5.73 Å². The Labute approximate surface area is 101 Å². The third kappa shape index (κ3) is 4.40. The largest absolute Gasteiger partial charge is 0.328 e. The Hall–Kier alpha value is -0.120. The highest BCUT2D eigenvalue weighted by Gasteiger charge is 2.24. The first-order valence-corrected chi connectivity index (χ1v) is 6.67. The van der Waals surface area contributed by atoms with Gasteiger partial charge < -0.3 is 15.5 Å². The molecular weight excluding hydrogens is 198 g/mol.